The first-order valence-corrected chi connectivity index (χ1v) is 9.85. The molecule has 7 nitrogen and oxygen atoms in total. The van der Waals surface area contributed by atoms with Crippen LogP contribution in [0.5, 0.6) is 5.75 Å². The first kappa shape index (κ1) is 23.2. The summed E-state index contributed by atoms with van der Waals surface area (Å²) >= 11 is 5.86. The standard InChI is InChI=1S/C22H24ClNO6/c1-3-22(21(28)29,13-19(25)26)24(4-2)20(27)16-7-11-18(12-8-16)30-14-15-5-9-17(23)10-6-15/h5-12H,3-4,13-14H2,1-2H3,(H,25,26)(H,28,29)/t22-/m0/s1. The van der Waals surface area contributed by atoms with Gasteiger partial charge < -0.3 is 19.8 Å². The van der Waals surface area contributed by atoms with Crippen LogP contribution in [0.2, 0.25) is 5.02 Å². The molecular formula is C22H24ClNO6. The lowest BCUT2D eigenvalue weighted by molar-refractivity contribution is -0.156. The number of benzene rings is 2. The number of hydrogen-bond acceptors (Lipinski definition) is 4. The molecule has 0 aromatic heterocycles. The Labute approximate surface area is 179 Å². The molecule has 2 N–H and O–H groups in total. The first-order chi connectivity index (χ1) is 14.2. The Kier molecular flexibility index (Phi) is 7.83. The second-order valence-electron chi connectivity index (χ2n) is 6.75. The zero-order chi connectivity index (χ0) is 22.3. The molecule has 2 aromatic rings. The van der Waals surface area contributed by atoms with Gasteiger partial charge in [0.1, 0.15) is 12.4 Å². The molecule has 1 amide bonds. The quantitative estimate of drug-likeness (QED) is 0.584. The molecule has 2 rings (SSSR count). The third-order valence-corrected chi connectivity index (χ3v) is 5.18. The van der Waals surface area contributed by atoms with Crippen LogP contribution in [0.25, 0.3) is 0 Å². The van der Waals surface area contributed by atoms with E-state index in [1.54, 1.807) is 38.1 Å². The summed E-state index contributed by atoms with van der Waals surface area (Å²) in [7, 11) is 0. The molecule has 0 heterocycles. The number of carboxylic acids is 2. The molecule has 1 atom stereocenters. The molecule has 160 valence electrons. The Morgan fingerprint density at radius 1 is 1.00 bits per heavy atom. The molecule has 0 saturated carbocycles. The number of aliphatic carboxylic acids is 2. The highest BCUT2D eigenvalue weighted by Crippen LogP contribution is 2.27. The smallest absolute Gasteiger partial charge is 0.330 e. The summed E-state index contributed by atoms with van der Waals surface area (Å²) in [6.45, 7) is 3.56. The highest BCUT2D eigenvalue weighted by molar-refractivity contribution is 6.30. The van der Waals surface area contributed by atoms with Crippen LogP contribution in [0.3, 0.4) is 0 Å². The number of halogens is 1. The number of rotatable bonds is 10. The Morgan fingerprint density at radius 2 is 1.60 bits per heavy atom. The number of likely N-dealkylation sites (N-methyl/N-ethyl adjacent to an activating group) is 1. The van der Waals surface area contributed by atoms with Gasteiger partial charge in [-0.1, -0.05) is 30.7 Å². The molecule has 0 bridgehead atoms. The van der Waals surface area contributed by atoms with E-state index in [0.717, 1.165) is 10.5 Å². The Hall–Kier alpha value is -3.06. The topological polar surface area (TPSA) is 104 Å². The number of carbonyl (C=O) groups excluding carboxylic acids is 1. The molecule has 0 fully saturated rings. The zero-order valence-electron chi connectivity index (χ0n) is 16.8. The molecule has 0 aliphatic rings. The number of hydrogen-bond donors (Lipinski definition) is 2. The summed E-state index contributed by atoms with van der Waals surface area (Å²) < 4.78 is 5.69. The lowest BCUT2D eigenvalue weighted by Gasteiger charge is -2.38. The maximum absolute atomic E-state index is 13.0. The number of carboxylic acid groups (broad SMARTS) is 2. The Balaban J connectivity index is 2.18. The molecule has 0 unspecified atom stereocenters. The third-order valence-electron chi connectivity index (χ3n) is 4.92. The molecular weight excluding hydrogens is 410 g/mol. The van der Waals surface area contributed by atoms with E-state index in [9.17, 15) is 24.6 Å². The molecule has 0 saturated heterocycles. The van der Waals surface area contributed by atoms with Crippen LogP contribution in [0.15, 0.2) is 48.5 Å². The van der Waals surface area contributed by atoms with E-state index >= 15 is 0 Å². The van der Waals surface area contributed by atoms with E-state index in [0.29, 0.717) is 17.4 Å². The summed E-state index contributed by atoms with van der Waals surface area (Å²) in [6, 6.07) is 13.5. The average Bonchev–Trinajstić information content (AvgIpc) is 2.72. The van der Waals surface area contributed by atoms with E-state index < -0.39 is 29.8 Å². The lowest BCUT2D eigenvalue weighted by atomic mass is 9.89. The van der Waals surface area contributed by atoms with Crippen LogP contribution in [0.1, 0.15) is 42.6 Å². The van der Waals surface area contributed by atoms with Crippen molar-refractivity contribution in [2.75, 3.05) is 6.54 Å². The zero-order valence-corrected chi connectivity index (χ0v) is 17.6. The fourth-order valence-corrected chi connectivity index (χ4v) is 3.37. The second-order valence-corrected chi connectivity index (χ2v) is 7.19. The van der Waals surface area contributed by atoms with Crippen LogP contribution in [-0.2, 0) is 16.2 Å². The lowest BCUT2D eigenvalue weighted by Crippen LogP contribution is -2.57. The van der Waals surface area contributed by atoms with Gasteiger partial charge in [-0.3, -0.25) is 9.59 Å². The van der Waals surface area contributed by atoms with Gasteiger partial charge in [-0.05, 0) is 55.3 Å². The molecule has 8 heteroatoms. The predicted octanol–water partition coefficient (Wildman–Crippen LogP) is 4.09. The fourth-order valence-electron chi connectivity index (χ4n) is 3.24. The van der Waals surface area contributed by atoms with Gasteiger partial charge in [0.05, 0.1) is 6.42 Å². The van der Waals surface area contributed by atoms with Crippen molar-refractivity contribution in [2.24, 2.45) is 0 Å². The summed E-state index contributed by atoms with van der Waals surface area (Å²) in [5.74, 6) is -2.63. The van der Waals surface area contributed by atoms with Crippen molar-refractivity contribution < 1.29 is 29.3 Å². The molecule has 2 aromatic carbocycles. The van der Waals surface area contributed by atoms with E-state index in [1.807, 2.05) is 12.1 Å². The van der Waals surface area contributed by atoms with Crippen molar-refractivity contribution in [1.29, 1.82) is 0 Å². The van der Waals surface area contributed by atoms with Gasteiger partial charge in [0, 0.05) is 17.1 Å². The Bertz CT molecular complexity index is 897. The van der Waals surface area contributed by atoms with E-state index in [4.69, 9.17) is 16.3 Å². The summed E-state index contributed by atoms with van der Waals surface area (Å²) in [6.07, 6.45) is -0.711. The summed E-state index contributed by atoms with van der Waals surface area (Å²) in [5, 5.41) is 19.6. The maximum Gasteiger partial charge on any atom is 0.330 e. The third kappa shape index (κ3) is 5.30. The van der Waals surface area contributed by atoms with E-state index in [-0.39, 0.29) is 18.5 Å². The number of carbonyl (C=O) groups is 3. The van der Waals surface area contributed by atoms with Gasteiger partial charge in [0.25, 0.3) is 5.91 Å². The molecule has 0 radical (unpaired) electrons. The maximum atomic E-state index is 13.0. The molecule has 0 aliphatic heterocycles. The minimum Gasteiger partial charge on any atom is -0.489 e. The highest BCUT2D eigenvalue weighted by Gasteiger charge is 2.46. The largest absolute Gasteiger partial charge is 0.489 e. The molecule has 0 aliphatic carbocycles. The van der Waals surface area contributed by atoms with E-state index in [2.05, 4.69) is 0 Å². The Morgan fingerprint density at radius 3 is 2.07 bits per heavy atom. The van der Waals surface area contributed by atoms with Gasteiger partial charge in [0.2, 0.25) is 0 Å². The second kappa shape index (κ2) is 10.1. The molecule has 30 heavy (non-hydrogen) atoms. The van der Waals surface area contributed by atoms with E-state index in [1.165, 1.54) is 12.1 Å². The minimum atomic E-state index is -1.82. The number of ether oxygens (including phenoxy) is 1. The van der Waals surface area contributed by atoms with Gasteiger partial charge in [-0.25, -0.2) is 4.79 Å². The van der Waals surface area contributed by atoms with Crippen molar-refractivity contribution >= 4 is 29.4 Å². The van der Waals surface area contributed by atoms with Crippen molar-refractivity contribution in [2.45, 2.75) is 38.8 Å². The van der Waals surface area contributed by atoms with Gasteiger partial charge in [0.15, 0.2) is 5.54 Å². The SMILES string of the molecule is CCN(C(=O)c1ccc(OCc2ccc(Cl)cc2)cc1)[C@@](CC)(CC(=O)O)C(=O)O. The number of amides is 1. The van der Waals surface area contributed by atoms with Crippen LogP contribution < -0.4 is 4.74 Å². The van der Waals surface area contributed by atoms with Gasteiger partial charge >= 0.3 is 11.9 Å². The summed E-state index contributed by atoms with van der Waals surface area (Å²) in [4.78, 5) is 37.3. The van der Waals surface area contributed by atoms with Gasteiger partial charge in [-0.2, -0.15) is 0 Å². The van der Waals surface area contributed by atoms with Crippen LogP contribution in [0, 0.1) is 0 Å². The predicted molar refractivity (Wildman–Crippen MR) is 112 cm³/mol. The molecule has 0 spiro atoms. The summed E-state index contributed by atoms with van der Waals surface area (Å²) in [5.41, 5.74) is -0.638. The first-order valence-electron chi connectivity index (χ1n) is 9.48. The average molecular weight is 434 g/mol. The number of nitrogens with zero attached hydrogens (tertiary/aromatic N) is 1. The van der Waals surface area contributed by atoms with Gasteiger partial charge in [-0.15, -0.1) is 0 Å². The van der Waals surface area contributed by atoms with Crippen molar-refractivity contribution in [3.05, 3.63) is 64.7 Å². The fraction of sp³-hybridized carbons (Fsp3) is 0.318. The minimum absolute atomic E-state index is 0.0312. The monoisotopic (exact) mass is 433 g/mol. The highest BCUT2D eigenvalue weighted by atomic mass is 35.5. The normalized spacial score (nSPS) is 12.6. The van der Waals surface area contributed by atoms with Crippen LogP contribution in [-0.4, -0.2) is 45.0 Å². The van der Waals surface area contributed by atoms with Crippen molar-refractivity contribution in [3.63, 3.8) is 0 Å². The van der Waals surface area contributed by atoms with Crippen molar-refractivity contribution in [3.8, 4) is 5.75 Å². The van der Waals surface area contributed by atoms with Crippen molar-refractivity contribution in [1.82, 2.24) is 4.90 Å². The van der Waals surface area contributed by atoms with Crippen LogP contribution in [0.4, 0.5) is 0 Å². The van der Waals surface area contributed by atoms with Crippen LogP contribution >= 0.6 is 11.6 Å².